The first-order valence-electron chi connectivity index (χ1n) is 14.6. The number of ketones is 1. The minimum absolute atomic E-state index is 0. The quantitative estimate of drug-likeness (QED) is 0.0452. The minimum atomic E-state index is -0.473. The normalized spacial score (nSPS) is 8.20. The van der Waals surface area contributed by atoms with Crippen molar-refractivity contribution in [3.05, 3.63) is 55.5 Å². The van der Waals surface area contributed by atoms with Crippen molar-refractivity contribution in [3.8, 4) is 0 Å². The Morgan fingerprint density at radius 2 is 1.22 bits per heavy atom. The van der Waals surface area contributed by atoms with Crippen LogP contribution in [0.4, 0.5) is 0 Å². The first-order chi connectivity index (χ1) is 20.8. The molecule has 0 saturated carbocycles. The number of carbonyl (C=O) groups excluding carboxylic acids is 3. The number of halogens is 1. The Kier molecular flexibility index (Phi) is 186. The molecule has 0 radical (unpaired) electrons. The maximum Gasteiger partial charge on any atom is 1.00 e. The maximum atomic E-state index is 10.4. The summed E-state index contributed by atoms with van der Waals surface area (Å²) in [7, 11) is 2.68. The summed E-state index contributed by atoms with van der Waals surface area (Å²) in [6, 6.07) is 0. The van der Waals surface area contributed by atoms with Gasteiger partial charge in [0.15, 0.2) is 0 Å². The summed E-state index contributed by atoms with van der Waals surface area (Å²) in [5, 5.41) is 24.0. The monoisotopic (exact) mass is 710 g/mol. The van der Waals surface area contributed by atoms with Crippen molar-refractivity contribution >= 4 is 34.0 Å². The summed E-state index contributed by atoms with van der Waals surface area (Å²) in [4.78, 5) is 37.2. The summed E-state index contributed by atoms with van der Waals surface area (Å²) < 4.78 is 4.70. The molecule has 0 fully saturated rings. The van der Waals surface area contributed by atoms with Gasteiger partial charge in [-0.05, 0) is 69.2 Å². The molecule has 0 aromatic carbocycles. The SMILES string of the molecule is C/C=C/C(=O)OOCC.C/C=C/CBr.C/C=C/CO.C/C=C/COC.CC.CC(C)=O.CC(C)O.CC=O.CO.[CH2-]CCC.[Li+]. The minimum Gasteiger partial charge on any atom is -0.400 e. The van der Waals surface area contributed by atoms with Crippen LogP contribution in [0.5, 0.6) is 0 Å². The molecular weight excluding hydrogens is 639 g/mol. The molecule has 0 unspecified atom stereocenters. The van der Waals surface area contributed by atoms with Gasteiger partial charge in [0.25, 0.3) is 0 Å². The maximum absolute atomic E-state index is 10.4. The zero-order valence-electron chi connectivity index (χ0n) is 31.9. The molecule has 45 heavy (non-hydrogen) atoms. The predicted octanol–water partition coefficient (Wildman–Crippen LogP) is 5.23. The average Bonchev–Trinajstić information content (AvgIpc) is 2.99. The number of aliphatic hydroxyl groups excluding tert-OH is 3. The first kappa shape index (κ1) is 74.5. The fourth-order valence-electron chi connectivity index (χ4n) is 0.668. The van der Waals surface area contributed by atoms with Crippen molar-refractivity contribution in [1.82, 2.24) is 0 Å². The summed E-state index contributed by atoms with van der Waals surface area (Å²) in [5.41, 5.74) is 0. The average molecular weight is 712 g/mol. The number of unbranched alkanes of at least 4 members (excludes halogenated alkanes) is 1. The number of alkyl halides is 1. The van der Waals surface area contributed by atoms with E-state index in [2.05, 4.69) is 39.6 Å². The van der Waals surface area contributed by atoms with Crippen molar-refractivity contribution in [3.63, 3.8) is 0 Å². The van der Waals surface area contributed by atoms with Crippen LogP contribution in [0.1, 0.15) is 103 Å². The van der Waals surface area contributed by atoms with E-state index in [0.717, 1.165) is 31.8 Å². The standard InChI is InChI=1S/C6H10O3.C5H10O.C4H7Br.C4H8O.C4H9.C3H8O.C3H6O.C2H4O.C2H6.CH4O.Li/c1-3-5-6(7)9-8-4-2;1-3-4-5-6-2;2*1-2-3-4-5;1-3-4-2;2*1-3(2)4;1-2-3;2*1-2;/h3,5H,4H2,1-2H3;3-4H,5H2,1-2H3;2-3H,4H2,1H3;2-3,5H,4H2,1H3;1,3-4H2,2H3;3-4H,1-2H3;1-2H3;2H,1H3;1-2H3;2H,1H3;/q;;;;-1;;;;;;+1/b5-3+;4-3+;2*3-2+;;;;;;;. The smallest absolute Gasteiger partial charge is 0.400 e. The number of hydrogen-bond acceptors (Lipinski definition) is 9. The molecule has 0 aliphatic carbocycles. The molecule has 0 heterocycles. The number of ether oxygens (including phenoxy) is 1. The van der Waals surface area contributed by atoms with Gasteiger partial charge in [-0.15, -0.1) is 0 Å². The number of rotatable bonds is 8. The van der Waals surface area contributed by atoms with Crippen molar-refractivity contribution in [2.75, 3.05) is 39.4 Å². The second-order valence-electron chi connectivity index (χ2n) is 6.90. The largest absolute Gasteiger partial charge is 1.00 e. The molecule has 0 rings (SSSR count). The topological polar surface area (TPSA) is 140 Å². The third-order valence-electron chi connectivity index (χ3n) is 2.08. The molecule has 0 spiro atoms. The van der Waals surface area contributed by atoms with Gasteiger partial charge >= 0.3 is 24.8 Å². The van der Waals surface area contributed by atoms with E-state index in [1.807, 2.05) is 58.9 Å². The van der Waals surface area contributed by atoms with E-state index in [1.165, 1.54) is 33.3 Å². The Hall–Kier alpha value is -1.35. The van der Waals surface area contributed by atoms with E-state index in [9.17, 15) is 9.59 Å². The van der Waals surface area contributed by atoms with E-state index in [4.69, 9.17) is 24.9 Å². The summed E-state index contributed by atoms with van der Waals surface area (Å²) in [6.07, 6.45) is 17.2. The molecule has 11 heteroatoms. The van der Waals surface area contributed by atoms with Gasteiger partial charge < -0.3 is 36.6 Å². The molecule has 0 saturated heterocycles. The molecule has 0 atom stereocenters. The number of Topliss-reactive ketones (excluding diaryl/α,β-unsaturated/α-hetero) is 1. The van der Waals surface area contributed by atoms with Gasteiger partial charge in [-0.3, -0.25) is 4.89 Å². The third kappa shape index (κ3) is 378. The zero-order valence-corrected chi connectivity index (χ0v) is 33.5. The summed E-state index contributed by atoms with van der Waals surface area (Å²) in [6.45, 7) is 28.3. The van der Waals surface area contributed by atoms with Crippen LogP contribution in [0.25, 0.3) is 0 Å². The van der Waals surface area contributed by atoms with Crippen LogP contribution in [-0.2, 0) is 28.9 Å². The van der Waals surface area contributed by atoms with Gasteiger partial charge in [0.1, 0.15) is 12.1 Å². The van der Waals surface area contributed by atoms with Gasteiger partial charge in [-0.25, -0.2) is 4.79 Å². The Balaban J connectivity index is -0.0000000326. The Labute approximate surface area is 299 Å². The van der Waals surface area contributed by atoms with Gasteiger partial charge in [0.05, 0.1) is 19.8 Å². The Bertz CT molecular complexity index is 519. The van der Waals surface area contributed by atoms with E-state index in [-0.39, 0.29) is 37.4 Å². The second-order valence-corrected chi connectivity index (χ2v) is 7.55. The van der Waals surface area contributed by atoms with Crippen LogP contribution in [0.3, 0.4) is 0 Å². The summed E-state index contributed by atoms with van der Waals surface area (Å²) >= 11 is 3.22. The molecule has 270 valence electrons. The molecule has 9 nitrogen and oxygen atoms in total. The zero-order chi connectivity index (χ0) is 37.5. The molecule has 3 N–H and O–H groups in total. The van der Waals surface area contributed by atoms with E-state index in [0.29, 0.717) is 6.61 Å². The number of methoxy groups -OCH3 is 1. The van der Waals surface area contributed by atoms with Crippen molar-refractivity contribution in [2.45, 2.75) is 109 Å². The van der Waals surface area contributed by atoms with Crippen LogP contribution in [0.15, 0.2) is 48.6 Å². The fourth-order valence-corrected chi connectivity index (χ4v) is 1.04. The molecule has 0 aliphatic rings. The van der Waals surface area contributed by atoms with Crippen LogP contribution in [0, 0.1) is 6.92 Å². The molecule has 0 amide bonds. The number of carbonyl (C=O) groups is 3. The Morgan fingerprint density at radius 1 is 0.889 bits per heavy atom. The fraction of sp³-hybridized carbons (Fsp3) is 0.647. The van der Waals surface area contributed by atoms with Crippen molar-refractivity contribution in [1.29, 1.82) is 0 Å². The molecule has 0 aliphatic heterocycles. The van der Waals surface area contributed by atoms with Crippen LogP contribution < -0.4 is 18.9 Å². The van der Waals surface area contributed by atoms with E-state index >= 15 is 0 Å². The first-order valence-corrected chi connectivity index (χ1v) is 15.7. The van der Waals surface area contributed by atoms with Crippen molar-refractivity contribution in [2.24, 2.45) is 0 Å². The number of aldehydes is 1. The van der Waals surface area contributed by atoms with Crippen LogP contribution >= 0.6 is 15.9 Å². The molecule has 0 aromatic heterocycles. The molecule has 0 aromatic rings. The molecule has 0 bridgehead atoms. The van der Waals surface area contributed by atoms with Crippen molar-refractivity contribution < 1.29 is 63.1 Å². The van der Waals surface area contributed by atoms with E-state index in [1.54, 1.807) is 53.0 Å². The van der Waals surface area contributed by atoms with Gasteiger partial charge in [0.2, 0.25) is 0 Å². The molecular formula is C34H72BrLiO9. The number of aliphatic hydroxyl groups is 3. The predicted molar refractivity (Wildman–Crippen MR) is 195 cm³/mol. The second kappa shape index (κ2) is 112. The number of allylic oxidation sites excluding steroid dienone is 5. The van der Waals surface area contributed by atoms with E-state index < -0.39 is 5.97 Å². The van der Waals surface area contributed by atoms with Crippen LogP contribution in [-0.4, -0.2) is 78.8 Å². The third-order valence-corrected chi connectivity index (χ3v) is 2.45. The van der Waals surface area contributed by atoms with Crippen LogP contribution in [0.2, 0.25) is 0 Å². The number of hydrogen-bond donors (Lipinski definition) is 3. The van der Waals surface area contributed by atoms with Gasteiger partial charge in [0, 0.05) is 31.7 Å². The van der Waals surface area contributed by atoms with Gasteiger partial charge in [-0.2, -0.15) is 11.3 Å². The Morgan fingerprint density at radius 3 is 1.33 bits per heavy atom. The summed E-state index contributed by atoms with van der Waals surface area (Å²) in [5.74, 6) is -0.306. The van der Waals surface area contributed by atoms with Gasteiger partial charge in [-0.1, -0.05) is 85.7 Å².